The minimum absolute atomic E-state index is 0.0996. The number of rotatable bonds is 4. The Hall–Kier alpha value is -2.10. The lowest BCUT2D eigenvalue weighted by molar-refractivity contribution is -0.137. The molecule has 6 nitrogen and oxygen atoms in total. The molecule has 3 rings (SSSR count). The molecule has 1 aliphatic heterocycles. The highest BCUT2D eigenvalue weighted by Crippen LogP contribution is 2.38. The average molecular weight is 419 g/mol. The summed E-state index contributed by atoms with van der Waals surface area (Å²) in [6.45, 7) is 0.672. The second-order valence-electron chi connectivity index (χ2n) is 5.40. The van der Waals surface area contributed by atoms with E-state index in [4.69, 9.17) is 9.47 Å². The minimum atomic E-state index is -4.48. The lowest BCUT2D eigenvalue weighted by atomic mass is 10.2. The maximum absolute atomic E-state index is 13.2. The van der Waals surface area contributed by atoms with Gasteiger partial charge in [-0.15, -0.1) is 0 Å². The molecule has 2 aromatic rings. The summed E-state index contributed by atoms with van der Waals surface area (Å²) < 4.78 is 50.6. The van der Waals surface area contributed by atoms with Crippen LogP contribution in [-0.4, -0.2) is 41.3 Å². The van der Waals surface area contributed by atoms with E-state index in [9.17, 15) is 13.2 Å². The first-order chi connectivity index (χ1) is 11.9. The Morgan fingerprint density at radius 1 is 1.20 bits per heavy atom. The van der Waals surface area contributed by atoms with E-state index < -0.39 is 11.7 Å². The van der Waals surface area contributed by atoms with Gasteiger partial charge in [0.25, 0.3) is 0 Å². The van der Waals surface area contributed by atoms with Crippen molar-refractivity contribution < 1.29 is 22.6 Å². The van der Waals surface area contributed by atoms with Gasteiger partial charge in [-0.25, -0.2) is 4.98 Å². The Morgan fingerprint density at radius 2 is 1.92 bits per heavy atom. The van der Waals surface area contributed by atoms with Crippen LogP contribution in [0.15, 0.2) is 29.1 Å². The van der Waals surface area contributed by atoms with Gasteiger partial charge in [0, 0.05) is 23.6 Å². The largest absolute Gasteiger partial charge is 0.494 e. The Bertz CT molecular complexity index is 743. The van der Waals surface area contributed by atoms with E-state index in [1.807, 2.05) is 0 Å². The number of halogens is 4. The summed E-state index contributed by atoms with van der Waals surface area (Å²) in [5.74, 6) is 0.395. The van der Waals surface area contributed by atoms with Crippen molar-refractivity contribution in [3.8, 4) is 11.8 Å². The van der Waals surface area contributed by atoms with Crippen molar-refractivity contribution >= 4 is 21.7 Å². The SMILES string of the molecule is COc1cnc(OC2CCN(c3ncc(Br)cc3C(F)(F)F)C2)nc1. The van der Waals surface area contributed by atoms with Crippen LogP contribution in [-0.2, 0) is 6.18 Å². The molecule has 0 aromatic carbocycles. The van der Waals surface area contributed by atoms with Crippen molar-refractivity contribution in [3.63, 3.8) is 0 Å². The van der Waals surface area contributed by atoms with Gasteiger partial charge in [0.1, 0.15) is 11.9 Å². The second-order valence-corrected chi connectivity index (χ2v) is 6.32. The number of alkyl halides is 3. The van der Waals surface area contributed by atoms with Crippen molar-refractivity contribution in [1.29, 1.82) is 0 Å². The topological polar surface area (TPSA) is 60.4 Å². The number of hydrogen-bond donors (Lipinski definition) is 0. The number of aromatic nitrogens is 3. The van der Waals surface area contributed by atoms with Crippen molar-refractivity contribution in [2.75, 3.05) is 25.1 Å². The number of anilines is 1. The number of pyridine rings is 1. The Balaban J connectivity index is 1.72. The third kappa shape index (κ3) is 4.12. The molecule has 0 amide bonds. The molecular formula is C15H14BrF3N4O2. The first kappa shape index (κ1) is 17.7. The quantitative estimate of drug-likeness (QED) is 0.758. The van der Waals surface area contributed by atoms with Crippen LogP contribution in [0.25, 0.3) is 0 Å². The van der Waals surface area contributed by atoms with Gasteiger partial charge in [-0.3, -0.25) is 0 Å². The molecule has 0 spiro atoms. The Morgan fingerprint density at radius 3 is 2.56 bits per heavy atom. The molecule has 1 atom stereocenters. The van der Waals surface area contributed by atoms with Crippen LogP contribution in [0.1, 0.15) is 12.0 Å². The fourth-order valence-corrected chi connectivity index (χ4v) is 2.86. The first-order valence-corrected chi connectivity index (χ1v) is 8.16. The monoisotopic (exact) mass is 418 g/mol. The Kier molecular flexibility index (Phi) is 4.98. The second kappa shape index (κ2) is 7.03. The smallest absolute Gasteiger partial charge is 0.419 e. The molecule has 25 heavy (non-hydrogen) atoms. The summed E-state index contributed by atoms with van der Waals surface area (Å²) >= 11 is 3.03. The van der Waals surface area contributed by atoms with Gasteiger partial charge in [0.15, 0.2) is 5.75 Å². The summed E-state index contributed by atoms with van der Waals surface area (Å²) in [4.78, 5) is 13.5. The summed E-state index contributed by atoms with van der Waals surface area (Å²) in [6.07, 6.45) is 0.0278. The molecule has 1 aliphatic rings. The van der Waals surface area contributed by atoms with Crippen LogP contribution in [0.4, 0.5) is 19.0 Å². The summed E-state index contributed by atoms with van der Waals surface area (Å²) in [5.41, 5.74) is -0.775. The Labute approximate surface area is 150 Å². The van der Waals surface area contributed by atoms with Gasteiger partial charge in [0.05, 0.1) is 31.6 Å². The molecule has 0 aliphatic carbocycles. The molecule has 10 heteroatoms. The molecule has 3 heterocycles. The zero-order valence-electron chi connectivity index (χ0n) is 13.1. The highest BCUT2D eigenvalue weighted by Gasteiger charge is 2.38. The van der Waals surface area contributed by atoms with E-state index >= 15 is 0 Å². The number of hydrogen-bond acceptors (Lipinski definition) is 6. The zero-order valence-corrected chi connectivity index (χ0v) is 14.7. The van der Waals surface area contributed by atoms with Gasteiger partial charge in [-0.05, 0) is 22.0 Å². The highest BCUT2D eigenvalue weighted by molar-refractivity contribution is 9.10. The van der Waals surface area contributed by atoms with Crippen LogP contribution < -0.4 is 14.4 Å². The molecule has 0 N–H and O–H groups in total. The van der Waals surface area contributed by atoms with Crippen molar-refractivity contribution in [3.05, 3.63) is 34.7 Å². The predicted octanol–water partition coefficient (Wildman–Crippen LogP) is 3.32. The third-order valence-electron chi connectivity index (χ3n) is 3.70. The van der Waals surface area contributed by atoms with E-state index in [0.29, 0.717) is 18.7 Å². The lowest BCUT2D eigenvalue weighted by Crippen LogP contribution is -2.28. The van der Waals surface area contributed by atoms with Crippen molar-refractivity contribution in [2.24, 2.45) is 0 Å². The average Bonchev–Trinajstić information content (AvgIpc) is 3.03. The number of methoxy groups -OCH3 is 1. The van der Waals surface area contributed by atoms with Gasteiger partial charge in [-0.2, -0.15) is 23.1 Å². The van der Waals surface area contributed by atoms with E-state index in [2.05, 4.69) is 30.9 Å². The van der Waals surface area contributed by atoms with E-state index in [-0.39, 0.29) is 28.9 Å². The molecule has 134 valence electrons. The predicted molar refractivity (Wildman–Crippen MR) is 86.8 cm³/mol. The van der Waals surface area contributed by atoms with Gasteiger partial charge < -0.3 is 14.4 Å². The van der Waals surface area contributed by atoms with Crippen LogP contribution in [0.5, 0.6) is 11.8 Å². The zero-order chi connectivity index (χ0) is 18.0. The van der Waals surface area contributed by atoms with Gasteiger partial charge in [-0.1, -0.05) is 0 Å². The van der Waals surface area contributed by atoms with Gasteiger partial charge >= 0.3 is 12.2 Å². The summed E-state index contributed by atoms with van der Waals surface area (Å²) in [7, 11) is 1.50. The van der Waals surface area contributed by atoms with Crippen molar-refractivity contribution in [2.45, 2.75) is 18.7 Å². The molecule has 0 bridgehead atoms. The van der Waals surface area contributed by atoms with Crippen LogP contribution >= 0.6 is 15.9 Å². The molecule has 1 fully saturated rings. The maximum Gasteiger partial charge on any atom is 0.419 e. The first-order valence-electron chi connectivity index (χ1n) is 7.37. The minimum Gasteiger partial charge on any atom is -0.494 e. The van der Waals surface area contributed by atoms with Crippen LogP contribution in [0.2, 0.25) is 0 Å². The van der Waals surface area contributed by atoms with Crippen molar-refractivity contribution in [1.82, 2.24) is 15.0 Å². The number of nitrogens with zero attached hydrogens (tertiary/aromatic N) is 4. The molecule has 0 radical (unpaired) electrons. The van der Waals surface area contributed by atoms with Crippen LogP contribution in [0.3, 0.4) is 0 Å². The molecule has 2 aromatic heterocycles. The van der Waals surface area contributed by atoms with E-state index in [1.165, 1.54) is 25.7 Å². The summed E-state index contributed by atoms with van der Waals surface area (Å²) in [5, 5.41) is 0. The standard InChI is InChI=1S/C15H14BrF3N4O2/c1-24-11-6-21-14(22-7-11)25-10-2-3-23(8-10)13-12(15(17,18)19)4-9(16)5-20-13/h4-7,10H,2-3,8H2,1H3. The van der Waals surface area contributed by atoms with E-state index in [0.717, 1.165) is 6.07 Å². The fraction of sp³-hybridized carbons (Fsp3) is 0.400. The van der Waals surface area contributed by atoms with Crippen LogP contribution in [0, 0.1) is 0 Å². The lowest BCUT2D eigenvalue weighted by Gasteiger charge is -2.22. The van der Waals surface area contributed by atoms with Gasteiger partial charge in [0.2, 0.25) is 0 Å². The molecule has 1 unspecified atom stereocenters. The third-order valence-corrected chi connectivity index (χ3v) is 4.13. The molecule has 0 saturated carbocycles. The van der Waals surface area contributed by atoms with E-state index in [1.54, 1.807) is 4.90 Å². The number of ether oxygens (including phenoxy) is 2. The fourth-order valence-electron chi connectivity index (χ4n) is 2.53. The molecule has 1 saturated heterocycles. The molecular weight excluding hydrogens is 405 g/mol. The highest BCUT2D eigenvalue weighted by atomic mass is 79.9. The maximum atomic E-state index is 13.2. The normalized spacial score (nSPS) is 17.6. The summed E-state index contributed by atoms with van der Waals surface area (Å²) in [6, 6.07) is 1.19.